The standard InChI is InChI=1S/C20H16N2O3/c1-12-16(15-8-3-4-9-17(15)21-12)11-18-20(23)25-19(22-18)13-6-5-7-14(10-13)24-2/h3-11,23H,1-2H3. The van der Waals surface area contributed by atoms with E-state index in [-0.39, 0.29) is 5.95 Å². The zero-order valence-corrected chi connectivity index (χ0v) is 13.9. The first kappa shape index (κ1) is 15.2. The van der Waals surface area contributed by atoms with Crippen LogP contribution in [-0.2, 0) is 0 Å². The van der Waals surface area contributed by atoms with Gasteiger partial charge >= 0.3 is 5.95 Å². The Morgan fingerprint density at radius 1 is 1.12 bits per heavy atom. The second-order valence-corrected chi connectivity index (χ2v) is 5.71. The maximum atomic E-state index is 10.2. The molecule has 0 saturated heterocycles. The second kappa shape index (κ2) is 5.94. The van der Waals surface area contributed by atoms with Gasteiger partial charge in [-0.2, -0.15) is 0 Å². The first-order valence-electron chi connectivity index (χ1n) is 7.86. The Hall–Kier alpha value is -3.34. The minimum atomic E-state index is -0.220. The zero-order chi connectivity index (χ0) is 17.4. The van der Waals surface area contributed by atoms with Crippen molar-refractivity contribution in [3.05, 3.63) is 59.8 Å². The second-order valence-electron chi connectivity index (χ2n) is 5.71. The fourth-order valence-electron chi connectivity index (χ4n) is 2.85. The summed E-state index contributed by atoms with van der Waals surface area (Å²) in [6.07, 6.45) is 1.80. The van der Waals surface area contributed by atoms with E-state index in [9.17, 15) is 5.11 Å². The number of aromatic hydroxyl groups is 1. The molecular formula is C20H16N2O3. The molecule has 0 atom stereocenters. The Kier molecular flexibility index (Phi) is 3.61. The number of oxazole rings is 1. The molecule has 124 valence electrons. The van der Waals surface area contributed by atoms with Gasteiger partial charge in [-0.3, -0.25) is 4.99 Å². The van der Waals surface area contributed by atoms with Crippen molar-refractivity contribution < 1.29 is 14.3 Å². The van der Waals surface area contributed by atoms with Gasteiger partial charge < -0.3 is 14.3 Å². The molecule has 0 fully saturated rings. The Morgan fingerprint density at radius 3 is 2.80 bits per heavy atom. The zero-order valence-electron chi connectivity index (χ0n) is 13.9. The largest absolute Gasteiger partial charge is 0.497 e. The highest BCUT2D eigenvalue weighted by molar-refractivity contribution is 6.31. The van der Waals surface area contributed by atoms with Gasteiger partial charge in [0.1, 0.15) is 11.4 Å². The van der Waals surface area contributed by atoms with Crippen molar-refractivity contribution in [3.8, 4) is 23.1 Å². The lowest BCUT2D eigenvalue weighted by Gasteiger charge is -2.00. The molecule has 0 bridgehead atoms. The number of methoxy groups -OCH3 is 1. The third-order valence-electron chi connectivity index (χ3n) is 4.10. The number of benzene rings is 2. The molecule has 1 N–H and O–H groups in total. The molecule has 1 aromatic heterocycles. The normalized spacial score (nSPS) is 14.5. The highest BCUT2D eigenvalue weighted by Gasteiger charge is 2.20. The third kappa shape index (κ3) is 2.70. The molecule has 1 aliphatic heterocycles. The van der Waals surface area contributed by atoms with E-state index in [1.54, 1.807) is 19.3 Å². The number of aliphatic imine (C=N–C) groups is 1. The minimum absolute atomic E-state index is 0.220. The van der Waals surface area contributed by atoms with E-state index >= 15 is 0 Å². The number of allylic oxidation sites excluding steroid dienone is 1. The first-order valence-corrected chi connectivity index (χ1v) is 7.86. The van der Waals surface area contributed by atoms with Gasteiger partial charge in [0.25, 0.3) is 0 Å². The molecule has 5 nitrogen and oxygen atoms in total. The molecule has 2 heterocycles. The van der Waals surface area contributed by atoms with Gasteiger partial charge in [-0.25, -0.2) is 4.98 Å². The van der Waals surface area contributed by atoms with Gasteiger partial charge in [0.2, 0.25) is 5.89 Å². The maximum Gasteiger partial charge on any atom is 0.310 e. The summed E-state index contributed by atoms with van der Waals surface area (Å²) in [5, 5.41) is 10.2. The maximum absolute atomic E-state index is 10.2. The van der Waals surface area contributed by atoms with E-state index in [0.717, 1.165) is 28.1 Å². The van der Waals surface area contributed by atoms with Crippen LogP contribution in [0.2, 0.25) is 0 Å². The van der Waals surface area contributed by atoms with Crippen LogP contribution in [0.1, 0.15) is 18.2 Å². The van der Waals surface area contributed by atoms with E-state index in [4.69, 9.17) is 9.15 Å². The molecule has 0 radical (unpaired) electrons. The van der Waals surface area contributed by atoms with E-state index < -0.39 is 0 Å². The van der Waals surface area contributed by atoms with Crippen molar-refractivity contribution in [1.82, 2.24) is 4.98 Å². The SMILES string of the molecule is COc1cccc(-c2nc(C=C3C(C)=Nc4ccccc43)c(O)o2)c1. The van der Waals surface area contributed by atoms with Crippen molar-refractivity contribution in [1.29, 1.82) is 0 Å². The van der Waals surface area contributed by atoms with Crippen molar-refractivity contribution in [3.63, 3.8) is 0 Å². The Balaban J connectivity index is 1.76. The van der Waals surface area contributed by atoms with Crippen LogP contribution in [0, 0.1) is 0 Å². The average Bonchev–Trinajstić information content (AvgIpc) is 3.16. The first-order chi connectivity index (χ1) is 12.2. The molecule has 0 unspecified atom stereocenters. The van der Waals surface area contributed by atoms with Crippen LogP contribution in [0.5, 0.6) is 11.7 Å². The molecule has 0 saturated carbocycles. The highest BCUT2D eigenvalue weighted by atomic mass is 16.5. The quantitative estimate of drug-likeness (QED) is 0.754. The number of hydrogen-bond donors (Lipinski definition) is 1. The van der Waals surface area contributed by atoms with Crippen LogP contribution in [0.4, 0.5) is 5.69 Å². The number of hydrogen-bond acceptors (Lipinski definition) is 5. The lowest BCUT2D eigenvalue weighted by molar-refractivity contribution is 0.336. The number of rotatable bonds is 3. The summed E-state index contributed by atoms with van der Waals surface area (Å²) in [4.78, 5) is 8.96. The topological polar surface area (TPSA) is 67.9 Å². The summed E-state index contributed by atoms with van der Waals surface area (Å²) >= 11 is 0. The van der Waals surface area contributed by atoms with Crippen LogP contribution in [-0.4, -0.2) is 22.9 Å². The lowest BCUT2D eigenvalue weighted by Crippen LogP contribution is -1.90. The van der Waals surface area contributed by atoms with Gasteiger partial charge in [0, 0.05) is 22.4 Å². The van der Waals surface area contributed by atoms with Crippen LogP contribution < -0.4 is 4.74 Å². The molecule has 3 aromatic rings. The van der Waals surface area contributed by atoms with E-state index in [1.165, 1.54) is 0 Å². The molecule has 0 spiro atoms. The van der Waals surface area contributed by atoms with Crippen molar-refractivity contribution in [2.75, 3.05) is 7.11 Å². The van der Waals surface area contributed by atoms with Crippen LogP contribution in [0.25, 0.3) is 23.1 Å². The summed E-state index contributed by atoms with van der Waals surface area (Å²) in [7, 11) is 1.60. The van der Waals surface area contributed by atoms with Gasteiger partial charge in [-0.05, 0) is 37.3 Å². The van der Waals surface area contributed by atoms with Crippen molar-refractivity contribution in [2.24, 2.45) is 4.99 Å². The summed E-state index contributed by atoms with van der Waals surface area (Å²) in [6.45, 7) is 1.94. The molecule has 4 rings (SSSR count). The van der Waals surface area contributed by atoms with Crippen molar-refractivity contribution >= 4 is 23.0 Å². The van der Waals surface area contributed by atoms with Gasteiger partial charge in [0.15, 0.2) is 0 Å². The molecule has 5 heteroatoms. The Labute approximate surface area is 144 Å². The van der Waals surface area contributed by atoms with Crippen molar-refractivity contribution in [2.45, 2.75) is 6.92 Å². The molecular weight excluding hydrogens is 316 g/mol. The number of fused-ring (bicyclic) bond motifs is 1. The summed E-state index contributed by atoms with van der Waals surface area (Å²) in [5.41, 5.74) is 4.85. The molecule has 25 heavy (non-hydrogen) atoms. The summed E-state index contributed by atoms with van der Waals surface area (Å²) < 4.78 is 10.7. The number of ether oxygens (including phenoxy) is 1. The molecule has 1 aliphatic rings. The van der Waals surface area contributed by atoms with Crippen LogP contribution >= 0.6 is 0 Å². The van der Waals surface area contributed by atoms with E-state index in [2.05, 4.69) is 9.98 Å². The van der Waals surface area contributed by atoms with Gasteiger partial charge in [0.05, 0.1) is 12.8 Å². The highest BCUT2D eigenvalue weighted by Crippen LogP contribution is 2.37. The average molecular weight is 332 g/mol. The van der Waals surface area contributed by atoms with Crippen LogP contribution in [0.3, 0.4) is 0 Å². The van der Waals surface area contributed by atoms with Crippen LogP contribution in [0.15, 0.2) is 57.9 Å². The number of nitrogens with zero attached hydrogens (tertiary/aromatic N) is 2. The monoisotopic (exact) mass is 332 g/mol. The van der Waals surface area contributed by atoms with Gasteiger partial charge in [-0.15, -0.1) is 0 Å². The summed E-state index contributed by atoms with van der Waals surface area (Å²) in [5.74, 6) is 0.814. The molecule has 0 aliphatic carbocycles. The van der Waals surface area contributed by atoms with E-state index in [0.29, 0.717) is 17.3 Å². The predicted octanol–water partition coefficient (Wildman–Crippen LogP) is 4.70. The summed E-state index contributed by atoms with van der Waals surface area (Å²) in [6, 6.07) is 15.2. The lowest BCUT2D eigenvalue weighted by atomic mass is 10.0. The fraction of sp³-hybridized carbons (Fsp3) is 0.100. The Bertz CT molecular complexity index is 1020. The number of aromatic nitrogens is 1. The number of para-hydroxylation sites is 1. The minimum Gasteiger partial charge on any atom is -0.497 e. The Morgan fingerprint density at radius 2 is 1.96 bits per heavy atom. The third-order valence-corrected chi connectivity index (χ3v) is 4.10. The molecule has 2 aromatic carbocycles. The fourth-order valence-corrected chi connectivity index (χ4v) is 2.85. The molecule has 0 amide bonds. The smallest absolute Gasteiger partial charge is 0.310 e. The van der Waals surface area contributed by atoms with Gasteiger partial charge in [-0.1, -0.05) is 24.3 Å². The predicted molar refractivity (Wildman–Crippen MR) is 97.2 cm³/mol. The van der Waals surface area contributed by atoms with E-state index in [1.807, 2.05) is 49.4 Å².